The Morgan fingerprint density at radius 2 is 2.05 bits per heavy atom. The normalized spacial score (nSPS) is 13.9. The fourth-order valence-corrected chi connectivity index (χ4v) is 1.75. The Bertz CT molecular complexity index is 415. The maximum Gasteiger partial charge on any atom is 0.328 e. The van der Waals surface area contributed by atoms with Gasteiger partial charge in [0.25, 0.3) is 0 Å². The molecule has 1 aromatic rings. The minimum absolute atomic E-state index is 0.250. The van der Waals surface area contributed by atoms with Crippen LogP contribution in [-0.4, -0.2) is 34.8 Å². The van der Waals surface area contributed by atoms with Crippen LogP contribution >= 0.6 is 0 Å². The summed E-state index contributed by atoms with van der Waals surface area (Å²) in [5.41, 5.74) is 0. The highest BCUT2D eigenvalue weighted by molar-refractivity contribution is 5.86. The highest BCUT2D eigenvalue weighted by Crippen LogP contribution is 2.09. The molecule has 0 aromatic carbocycles. The Balaban J connectivity index is 2.67. The van der Waals surface area contributed by atoms with Crippen molar-refractivity contribution in [3.63, 3.8) is 0 Å². The molecule has 0 fully saturated rings. The number of hydrogen-bond donors (Lipinski definition) is 1. The van der Waals surface area contributed by atoms with Crippen LogP contribution in [0.5, 0.6) is 0 Å². The zero-order chi connectivity index (χ0) is 14.4. The molecule has 2 atom stereocenters. The van der Waals surface area contributed by atoms with Crippen LogP contribution in [-0.2, 0) is 14.3 Å². The summed E-state index contributed by atoms with van der Waals surface area (Å²) in [6.07, 6.45) is 3.86. The molecule has 106 valence electrons. The third kappa shape index (κ3) is 4.39. The second kappa shape index (κ2) is 6.92. The summed E-state index contributed by atoms with van der Waals surface area (Å²) < 4.78 is 6.25. The summed E-state index contributed by atoms with van der Waals surface area (Å²) in [6, 6.07) is 0.667. The molecule has 0 spiro atoms. The lowest BCUT2D eigenvalue weighted by Crippen LogP contribution is -2.44. The second-order valence-corrected chi connectivity index (χ2v) is 4.88. The van der Waals surface area contributed by atoms with Gasteiger partial charge in [0.2, 0.25) is 5.91 Å². The number of amides is 1. The van der Waals surface area contributed by atoms with Gasteiger partial charge in [-0.2, -0.15) is 5.10 Å². The molecule has 1 amide bonds. The lowest BCUT2D eigenvalue weighted by atomic mass is 10.0. The van der Waals surface area contributed by atoms with E-state index in [2.05, 4.69) is 10.4 Å². The topological polar surface area (TPSA) is 73.2 Å². The monoisotopic (exact) mass is 267 g/mol. The molecule has 0 saturated heterocycles. The van der Waals surface area contributed by atoms with Gasteiger partial charge in [0.1, 0.15) is 12.1 Å². The van der Waals surface area contributed by atoms with Crippen molar-refractivity contribution in [2.24, 2.45) is 5.92 Å². The van der Waals surface area contributed by atoms with Crippen molar-refractivity contribution in [1.82, 2.24) is 15.1 Å². The van der Waals surface area contributed by atoms with E-state index in [0.717, 1.165) is 0 Å². The predicted octanol–water partition coefficient (Wildman–Crippen LogP) is 1.15. The van der Waals surface area contributed by atoms with Gasteiger partial charge in [0.15, 0.2) is 0 Å². The van der Waals surface area contributed by atoms with Crippen LogP contribution in [0, 0.1) is 5.92 Å². The molecule has 1 aromatic heterocycles. The Morgan fingerprint density at radius 1 is 1.37 bits per heavy atom. The molecule has 0 bridgehead atoms. The van der Waals surface area contributed by atoms with Crippen molar-refractivity contribution in [3.8, 4) is 0 Å². The summed E-state index contributed by atoms with van der Waals surface area (Å²) in [5.74, 6) is -0.390. The Hall–Kier alpha value is -1.85. The van der Waals surface area contributed by atoms with E-state index in [1.807, 2.05) is 13.8 Å². The van der Waals surface area contributed by atoms with Gasteiger partial charge >= 0.3 is 5.97 Å². The molecule has 0 aliphatic carbocycles. The molecular weight excluding hydrogens is 246 g/mol. The van der Waals surface area contributed by atoms with E-state index in [4.69, 9.17) is 4.74 Å². The number of esters is 1. The first-order chi connectivity index (χ1) is 8.95. The maximum absolute atomic E-state index is 12.1. The van der Waals surface area contributed by atoms with E-state index in [0.29, 0.717) is 6.42 Å². The summed E-state index contributed by atoms with van der Waals surface area (Å²) in [4.78, 5) is 23.7. The molecule has 0 aliphatic rings. The predicted molar refractivity (Wildman–Crippen MR) is 70.3 cm³/mol. The first-order valence-electron chi connectivity index (χ1n) is 6.33. The number of rotatable bonds is 6. The van der Waals surface area contributed by atoms with E-state index in [1.54, 1.807) is 30.1 Å². The Labute approximate surface area is 113 Å². The van der Waals surface area contributed by atoms with Crippen LogP contribution in [0.4, 0.5) is 0 Å². The van der Waals surface area contributed by atoms with Gasteiger partial charge in [0.05, 0.1) is 7.11 Å². The third-order valence-corrected chi connectivity index (χ3v) is 2.81. The molecule has 0 saturated carbocycles. The summed E-state index contributed by atoms with van der Waals surface area (Å²) in [6.45, 7) is 5.70. The van der Waals surface area contributed by atoms with Gasteiger partial charge in [-0.15, -0.1) is 0 Å². The van der Waals surface area contributed by atoms with Crippen molar-refractivity contribution in [2.75, 3.05) is 7.11 Å². The molecule has 0 radical (unpaired) electrons. The zero-order valence-corrected chi connectivity index (χ0v) is 11.8. The standard InChI is InChI=1S/C13H21N3O3/c1-9(2)8-11(13(18)19-4)15-12(17)10(3)16-7-5-6-14-16/h5-7,9-11H,8H2,1-4H3,(H,15,17). The van der Waals surface area contributed by atoms with Crippen LogP contribution in [0.1, 0.15) is 33.2 Å². The number of ether oxygens (including phenoxy) is 1. The van der Waals surface area contributed by atoms with Crippen LogP contribution in [0.25, 0.3) is 0 Å². The van der Waals surface area contributed by atoms with Crippen molar-refractivity contribution in [2.45, 2.75) is 39.3 Å². The fraction of sp³-hybridized carbons (Fsp3) is 0.615. The van der Waals surface area contributed by atoms with Gasteiger partial charge in [-0.1, -0.05) is 13.8 Å². The molecular formula is C13H21N3O3. The number of methoxy groups -OCH3 is 1. The van der Waals surface area contributed by atoms with Gasteiger partial charge < -0.3 is 10.1 Å². The van der Waals surface area contributed by atoms with Gasteiger partial charge in [-0.3, -0.25) is 9.48 Å². The van der Waals surface area contributed by atoms with Crippen molar-refractivity contribution in [1.29, 1.82) is 0 Å². The fourth-order valence-electron chi connectivity index (χ4n) is 1.75. The van der Waals surface area contributed by atoms with E-state index < -0.39 is 18.1 Å². The highest BCUT2D eigenvalue weighted by Gasteiger charge is 2.25. The summed E-state index contributed by atoms with van der Waals surface area (Å²) in [7, 11) is 1.32. The number of carbonyl (C=O) groups is 2. The van der Waals surface area contributed by atoms with E-state index >= 15 is 0 Å². The molecule has 19 heavy (non-hydrogen) atoms. The minimum Gasteiger partial charge on any atom is -0.467 e. The number of carbonyl (C=O) groups excluding carboxylic acids is 2. The Morgan fingerprint density at radius 3 is 2.53 bits per heavy atom. The maximum atomic E-state index is 12.1. The number of hydrogen-bond acceptors (Lipinski definition) is 4. The van der Waals surface area contributed by atoms with Crippen LogP contribution < -0.4 is 5.32 Å². The quantitative estimate of drug-likeness (QED) is 0.785. The van der Waals surface area contributed by atoms with Gasteiger partial charge in [-0.25, -0.2) is 4.79 Å². The lowest BCUT2D eigenvalue weighted by molar-refractivity contribution is -0.146. The summed E-state index contributed by atoms with van der Waals surface area (Å²) in [5, 5.41) is 6.72. The van der Waals surface area contributed by atoms with Crippen LogP contribution in [0.3, 0.4) is 0 Å². The molecule has 1 rings (SSSR count). The summed E-state index contributed by atoms with van der Waals surface area (Å²) >= 11 is 0. The van der Waals surface area contributed by atoms with Gasteiger partial charge in [-0.05, 0) is 25.3 Å². The first-order valence-corrected chi connectivity index (χ1v) is 6.33. The lowest BCUT2D eigenvalue weighted by Gasteiger charge is -2.20. The largest absolute Gasteiger partial charge is 0.467 e. The Kier molecular flexibility index (Phi) is 5.54. The van der Waals surface area contributed by atoms with Crippen LogP contribution in [0.15, 0.2) is 18.5 Å². The van der Waals surface area contributed by atoms with E-state index in [-0.39, 0.29) is 11.8 Å². The zero-order valence-electron chi connectivity index (χ0n) is 11.8. The van der Waals surface area contributed by atoms with E-state index in [9.17, 15) is 9.59 Å². The molecule has 0 aliphatic heterocycles. The highest BCUT2D eigenvalue weighted by atomic mass is 16.5. The molecule has 6 nitrogen and oxygen atoms in total. The molecule has 2 unspecified atom stereocenters. The average Bonchev–Trinajstić information content (AvgIpc) is 2.89. The van der Waals surface area contributed by atoms with Gasteiger partial charge in [0, 0.05) is 12.4 Å². The number of nitrogens with one attached hydrogen (secondary N) is 1. The molecule has 1 N–H and O–H groups in total. The SMILES string of the molecule is COC(=O)C(CC(C)C)NC(=O)C(C)n1cccn1. The molecule has 6 heteroatoms. The smallest absolute Gasteiger partial charge is 0.328 e. The minimum atomic E-state index is -0.615. The van der Waals surface area contributed by atoms with Crippen molar-refractivity contribution in [3.05, 3.63) is 18.5 Å². The average molecular weight is 267 g/mol. The third-order valence-electron chi connectivity index (χ3n) is 2.81. The van der Waals surface area contributed by atoms with Crippen molar-refractivity contribution < 1.29 is 14.3 Å². The number of nitrogens with zero attached hydrogens (tertiary/aromatic N) is 2. The van der Waals surface area contributed by atoms with Crippen molar-refractivity contribution >= 4 is 11.9 Å². The number of aromatic nitrogens is 2. The second-order valence-electron chi connectivity index (χ2n) is 4.88. The van der Waals surface area contributed by atoms with Crippen LogP contribution in [0.2, 0.25) is 0 Å². The molecule has 1 heterocycles. The van der Waals surface area contributed by atoms with E-state index in [1.165, 1.54) is 7.11 Å². The first kappa shape index (κ1) is 15.2.